The van der Waals surface area contributed by atoms with Crippen LogP contribution in [0.5, 0.6) is 0 Å². The Morgan fingerprint density at radius 2 is 1.77 bits per heavy atom. The number of hydrogen-bond acceptors (Lipinski definition) is 2. The Kier molecular flexibility index (Phi) is 7.55. The molecule has 0 aliphatic carbocycles. The molecule has 1 unspecified atom stereocenters. The van der Waals surface area contributed by atoms with Crippen LogP contribution in [0, 0.1) is 5.92 Å². The van der Waals surface area contributed by atoms with Crippen molar-refractivity contribution >= 4 is 11.9 Å². The van der Waals surface area contributed by atoms with E-state index in [1.807, 2.05) is 23.1 Å². The van der Waals surface area contributed by atoms with Crippen molar-refractivity contribution in [2.45, 2.75) is 25.6 Å². The number of carbonyl (C=O) groups is 1. The maximum Gasteiger partial charge on any atom is 0.416 e. The molecular weight excluding hydrogens is 405 g/mol. The van der Waals surface area contributed by atoms with E-state index in [1.54, 1.807) is 7.05 Å². The van der Waals surface area contributed by atoms with Gasteiger partial charge in [-0.2, -0.15) is 13.2 Å². The zero-order chi connectivity index (χ0) is 22.3. The minimum Gasteiger partial charge on any atom is -0.356 e. The second kappa shape index (κ2) is 10.3. The van der Waals surface area contributed by atoms with Crippen molar-refractivity contribution in [3.63, 3.8) is 0 Å². The molecule has 1 amide bonds. The van der Waals surface area contributed by atoms with Crippen molar-refractivity contribution in [1.29, 1.82) is 0 Å². The third kappa shape index (κ3) is 6.73. The third-order valence-corrected chi connectivity index (χ3v) is 5.33. The molecule has 2 aromatic rings. The molecule has 1 aliphatic rings. The van der Waals surface area contributed by atoms with E-state index >= 15 is 0 Å². The van der Waals surface area contributed by atoms with Crippen molar-refractivity contribution in [3.8, 4) is 0 Å². The second-order valence-electron chi connectivity index (χ2n) is 7.65. The van der Waals surface area contributed by atoms with E-state index in [2.05, 4.69) is 27.8 Å². The fourth-order valence-electron chi connectivity index (χ4n) is 3.57. The Morgan fingerprint density at radius 3 is 2.42 bits per heavy atom. The zero-order valence-corrected chi connectivity index (χ0v) is 17.5. The molecule has 1 saturated heterocycles. The first-order valence-electron chi connectivity index (χ1n) is 10.3. The van der Waals surface area contributed by atoms with Gasteiger partial charge in [0.1, 0.15) is 0 Å². The van der Waals surface area contributed by atoms with Crippen LogP contribution in [0.25, 0.3) is 0 Å². The zero-order valence-electron chi connectivity index (χ0n) is 17.5. The number of likely N-dealkylation sites (tertiary alicyclic amines) is 1. The van der Waals surface area contributed by atoms with Gasteiger partial charge in [0.15, 0.2) is 5.96 Å². The summed E-state index contributed by atoms with van der Waals surface area (Å²) in [4.78, 5) is 18.4. The molecule has 8 heteroatoms. The number of amides is 1. The molecule has 5 nitrogen and oxygen atoms in total. The molecule has 2 aromatic carbocycles. The lowest BCUT2D eigenvalue weighted by Crippen LogP contribution is -2.40. The van der Waals surface area contributed by atoms with Crippen LogP contribution in [0.2, 0.25) is 0 Å². The van der Waals surface area contributed by atoms with Gasteiger partial charge in [-0.15, -0.1) is 0 Å². The molecule has 1 atom stereocenters. The predicted octanol–water partition coefficient (Wildman–Crippen LogP) is 3.46. The van der Waals surface area contributed by atoms with Crippen molar-refractivity contribution in [1.82, 2.24) is 15.5 Å². The number of rotatable bonds is 7. The normalized spacial score (nSPS) is 17.2. The maximum atomic E-state index is 12.7. The van der Waals surface area contributed by atoms with Crippen molar-refractivity contribution in [3.05, 3.63) is 71.3 Å². The molecule has 0 bridgehead atoms. The van der Waals surface area contributed by atoms with Crippen LogP contribution in [0.1, 0.15) is 23.1 Å². The molecule has 1 fully saturated rings. The quantitative estimate of drug-likeness (QED) is 0.521. The molecule has 0 radical (unpaired) electrons. The van der Waals surface area contributed by atoms with Crippen LogP contribution in [0.15, 0.2) is 59.6 Å². The summed E-state index contributed by atoms with van der Waals surface area (Å²) in [6.07, 6.45) is -3.00. The fraction of sp³-hybridized carbons (Fsp3) is 0.391. The Hall–Kier alpha value is -3.03. The van der Waals surface area contributed by atoms with Gasteiger partial charge in [-0.1, -0.05) is 42.5 Å². The van der Waals surface area contributed by atoms with Crippen LogP contribution in [0.4, 0.5) is 13.2 Å². The summed E-state index contributed by atoms with van der Waals surface area (Å²) in [5, 5.41) is 6.31. The topological polar surface area (TPSA) is 56.7 Å². The number of hydrogen-bond donors (Lipinski definition) is 2. The molecule has 3 rings (SSSR count). The Bertz CT molecular complexity index is 882. The number of carbonyl (C=O) groups excluding carboxylic acids is 1. The van der Waals surface area contributed by atoms with E-state index in [9.17, 15) is 18.0 Å². The van der Waals surface area contributed by atoms with E-state index in [1.165, 1.54) is 17.7 Å². The number of aliphatic imine (C=N–C) groups is 1. The molecular formula is C23H27F3N4O. The minimum atomic E-state index is -4.34. The number of alkyl halides is 3. The highest BCUT2D eigenvalue weighted by Crippen LogP contribution is 2.29. The number of halogens is 3. The van der Waals surface area contributed by atoms with Crippen molar-refractivity contribution in [2.75, 3.05) is 26.7 Å². The van der Waals surface area contributed by atoms with Crippen LogP contribution in [-0.2, 0) is 23.9 Å². The van der Waals surface area contributed by atoms with Gasteiger partial charge in [-0.25, -0.2) is 0 Å². The Labute approximate surface area is 180 Å². The summed E-state index contributed by atoms with van der Waals surface area (Å²) in [6, 6.07) is 15.1. The number of nitrogens with one attached hydrogen (secondary N) is 2. The lowest BCUT2D eigenvalue weighted by molar-refractivity contribution is -0.137. The molecule has 0 aromatic heterocycles. The molecule has 0 saturated carbocycles. The van der Waals surface area contributed by atoms with Gasteiger partial charge in [-0.3, -0.25) is 9.79 Å². The molecule has 1 aliphatic heterocycles. The van der Waals surface area contributed by atoms with Crippen molar-refractivity contribution < 1.29 is 18.0 Å². The highest BCUT2D eigenvalue weighted by molar-refractivity contribution is 5.80. The summed E-state index contributed by atoms with van der Waals surface area (Å²) in [5.41, 5.74) is 1.27. The lowest BCUT2D eigenvalue weighted by atomic mass is 10.1. The van der Waals surface area contributed by atoms with Crippen molar-refractivity contribution in [2.24, 2.45) is 10.9 Å². The third-order valence-electron chi connectivity index (χ3n) is 5.33. The Balaban J connectivity index is 1.41. The van der Waals surface area contributed by atoms with E-state index in [0.29, 0.717) is 38.6 Å². The van der Waals surface area contributed by atoms with Gasteiger partial charge in [0.05, 0.1) is 5.56 Å². The molecule has 166 valence electrons. The summed E-state index contributed by atoms with van der Waals surface area (Å²) in [6.45, 7) is 2.36. The molecule has 1 heterocycles. The van der Waals surface area contributed by atoms with Gasteiger partial charge in [0, 0.05) is 45.6 Å². The van der Waals surface area contributed by atoms with E-state index in [0.717, 1.165) is 24.1 Å². The maximum absolute atomic E-state index is 12.7. The average Bonchev–Trinajstić information content (AvgIpc) is 3.12. The standard InChI is InChI=1S/C23H27F3N4O/c1-27-22(28-14-18-7-9-20(10-8-18)23(24,25)26)29-15-19-13-21(31)30(16-19)12-11-17-5-3-2-4-6-17/h2-10,19H,11-16H2,1H3,(H2,27,28,29). The van der Waals surface area contributed by atoms with E-state index in [-0.39, 0.29) is 11.8 Å². The lowest BCUT2D eigenvalue weighted by Gasteiger charge is -2.18. The molecule has 2 N–H and O–H groups in total. The number of nitrogens with zero attached hydrogens (tertiary/aromatic N) is 2. The number of benzene rings is 2. The summed E-state index contributed by atoms with van der Waals surface area (Å²) in [7, 11) is 1.63. The average molecular weight is 432 g/mol. The molecule has 0 spiro atoms. The first kappa shape index (κ1) is 22.7. The van der Waals surface area contributed by atoms with Gasteiger partial charge in [-0.05, 0) is 29.7 Å². The fourth-order valence-corrected chi connectivity index (χ4v) is 3.57. The summed E-state index contributed by atoms with van der Waals surface area (Å²) in [5.74, 6) is 0.901. The highest BCUT2D eigenvalue weighted by Gasteiger charge is 2.30. The predicted molar refractivity (Wildman–Crippen MR) is 114 cm³/mol. The molecule has 31 heavy (non-hydrogen) atoms. The van der Waals surface area contributed by atoms with Gasteiger partial charge < -0.3 is 15.5 Å². The van der Waals surface area contributed by atoms with Gasteiger partial charge in [0.25, 0.3) is 0 Å². The van der Waals surface area contributed by atoms with Crippen LogP contribution < -0.4 is 10.6 Å². The van der Waals surface area contributed by atoms with Crippen LogP contribution in [0.3, 0.4) is 0 Å². The van der Waals surface area contributed by atoms with Gasteiger partial charge >= 0.3 is 6.18 Å². The van der Waals surface area contributed by atoms with E-state index < -0.39 is 11.7 Å². The monoisotopic (exact) mass is 432 g/mol. The summed E-state index contributed by atoms with van der Waals surface area (Å²) < 4.78 is 38.0. The first-order chi connectivity index (χ1) is 14.8. The largest absolute Gasteiger partial charge is 0.416 e. The SMILES string of the molecule is CN=C(NCc1ccc(C(F)(F)F)cc1)NCC1CC(=O)N(CCc2ccccc2)C1. The summed E-state index contributed by atoms with van der Waals surface area (Å²) >= 11 is 0. The Morgan fingerprint density at radius 1 is 1.06 bits per heavy atom. The van der Waals surface area contributed by atoms with Gasteiger partial charge in [0.2, 0.25) is 5.91 Å². The second-order valence-corrected chi connectivity index (χ2v) is 7.65. The van der Waals surface area contributed by atoms with Crippen LogP contribution >= 0.6 is 0 Å². The van der Waals surface area contributed by atoms with Crippen LogP contribution in [-0.4, -0.2) is 43.4 Å². The smallest absolute Gasteiger partial charge is 0.356 e. The van der Waals surface area contributed by atoms with E-state index in [4.69, 9.17) is 0 Å². The highest BCUT2D eigenvalue weighted by atomic mass is 19.4. The number of guanidine groups is 1. The minimum absolute atomic E-state index is 0.162. The first-order valence-corrected chi connectivity index (χ1v) is 10.3.